The summed E-state index contributed by atoms with van der Waals surface area (Å²) in [7, 11) is 0. The van der Waals surface area contributed by atoms with Crippen LogP contribution in [0.4, 0.5) is 0 Å². The standard InChI is InChI=1S/C13H22N2/c1-5-7-13(4,6-2)8-12-10-14-11(3)9-15-12/h9-10H,5-8H2,1-4H3. The zero-order chi connectivity index (χ0) is 11.3. The number of hydrogen-bond donors (Lipinski definition) is 0. The first-order valence-corrected chi connectivity index (χ1v) is 5.87. The van der Waals surface area contributed by atoms with E-state index in [1.165, 1.54) is 19.3 Å². The van der Waals surface area contributed by atoms with Crippen LogP contribution < -0.4 is 0 Å². The molecule has 1 heterocycles. The summed E-state index contributed by atoms with van der Waals surface area (Å²) in [6, 6.07) is 0. The molecule has 0 N–H and O–H groups in total. The van der Waals surface area contributed by atoms with E-state index >= 15 is 0 Å². The van der Waals surface area contributed by atoms with E-state index in [1.807, 2.05) is 19.3 Å². The van der Waals surface area contributed by atoms with Gasteiger partial charge in [-0.05, 0) is 25.2 Å². The minimum atomic E-state index is 0.388. The second-order valence-electron chi connectivity index (χ2n) is 4.74. The normalized spacial score (nSPS) is 14.9. The van der Waals surface area contributed by atoms with Crippen LogP contribution in [0, 0.1) is 12.3 Å². The molecule has 0 amide bonds. The van der Waals surface area contributed by atoms with Gasteiger partial charge in [0.2, 0.25) is 0 Å². The number of nitrogens with zero attached hydrogens (tertiary/aromatic N) is 2. The lowest BCUT2D eigenvalue weighted by Gasteiger charge is -2.27. The van der Waals surface area contributed by atoms with Crippen LogP contribution in [0.15, 0.2) is 12.4 Å². The maximum Gasteiger partial charge on any atom is 0.0592 e. The average molecular weight is 206 g/mol. The highest BCUT2D eigenvalue weighted by Crippen LogP contribution is 2.30. The van der Waals surface area contributed by atoms with Gasteiger partial charge in [-0.1, -0.05) is 33.6 Å². The molecule has 0 aliphatic rings. The van der Waals surface area contributed by atoms with Gasteiger partial charge in [0.05, 0.1) is 11.4 Å². The zero-order valence-corrected chi connectivity index (χ0v) is 10.4. The van der Waals surface area contributed by atoms with Gasteiger partial charge in [-0.25, -0.2) is 0 Å². The third kappa shape index (κ3) is 3.61. The predicted octanol–water partition coefficient (Wildman–Crippen LogP) is 3.54. The first-order valence-electron chi connectivity index (χ1n) is 5.87. The molecule has 0 bridgehead atoms. The van der Waals surface area contributed by atoms with Crippen molar-refractivity contribution in [1.29, 1.82) is 0 Å². The van der Waals surface area contributed by atoms with Gasteiger partial charge in [0.15, 0.2) is 0 Å². The number of hydrogen-bond acceptors (Lipinski definition) is 2. The molecular weight excluding hydrogens is 184 g/mol. The van der Waals surface area contributed by atoms with Crippen LogP contribution in [0.25, 0.3) is 0 Å². The number of aromatic nitrogens is 2. The van der Waals surface area contributed by atoms with E-state index in [4.69, 9.17) is 0 Å². The number of rotatable bonds is 5. The van der Waals surface area contributed by atoms with E-state index in [9.17, 15) is 0 Å². The molecular formula is C13H22N2. The summed E-state index contributed by atoms with van der Waals surface area (Å²) in [6.45, 7) is 8.83. The highest BCUT2D eigenvalue weighted by atomic mass is 14.8. The lowest BCUT2D eigenvalue weighted by Crippen LogP contribution is -2.19. The molecule has 0 saturated heterocycles. The van der Waals surface area contributed by atoms with E-state index < -0.39 is 0 Å². The highest BCUT2D eigenvalue weighted by molar-refractivity contribution is 5.03. The maximum absolute atomic E-state index is 4.43. The predicted molar refractivity (Wildman–Crippen MR) is 63.8 cm³/mol. The third-order valence-electron chi connectivity index (χ3n) is 3.15. The molecule has 2 nitrogen and oxygen atoms in total. The summed E-state index contributed by atoms with van der Waals surface area (Å²) in [5.41, 5.74) is 2.50. The Hall–Kier alpha value is -0.920. The average Bonchev–Trinajstić information content (AvgIpc) is 2.22. The maximum atomic E-state index is 4.43. The van der Waals surface area contributed by atoms with Crippen molar-refractivity contribution in [2.24, 2.45) is 5.41 Å². The van der Waals surface area contributed by atoms with Crippen LogP contribution in [0.2, 0.25) is 0 Å². The Morgan fingerprint density at radius 1 is 1.20 bits per heavy atom. The van der Waals surface area contributed by atoms with E-state index in [0.29, 0.717) is 5.41 Å². The van der Waals surface area contributed by atoms with Gasteiger partial charge in [0, 0.05) is 12.4 Å². The van der Waals surface area contributed by atoms with Gasteiger partial charge in [-0.2, -0.15) is 0 Å². The fraction of sp³-hybridized carbons (Fsp3) is 0.692. The lowest BCUT2D eigenvalue weighted by atomic mass is 9.79. The molecule has 1 rings (SSSR count). The molecule has 84 valence electrons. The van der Waals surface area contributed by atoms with Gasteiger partial charge >= 0.3 is 0 Å². The monoisotopic (exact) mass is 206 g/mol. The SMILES string of the molecule is CCCC(C)(CC)Cc1cnc(C)cn1. The van der Waals surface area contributed by atoms with Crippen molar-refractivity contribution in [3.8, 4) is 0 Å². The molecule has 15 heavy (non-hydrogen) atoms. The molecule has 0 spiro atoms. The van der Waals surface area contributed by atoms with Gasteiger partial charge in [0.1, 0.15) is 0 Å². The third-order valence-corrected chi connectivity index (χ3v) is 3.15. The zero-order valence-electron chi connectivity index (χ0n) is 10.4. The summed E-state index contributed by atoms with van der Waals surface area (Å²) in [4.78, 5) is 8.73. The Morgan fingerprint density at radius 3 is 2.40 bits per heavy atom. The second kappa shape index (κ2) is 5.24. The van der Waals surface area contributed by atoms with Crippen LogP contribution in [-0.4, -0.2) is 9.97 Å². The fourth-order valence-corrected chi connectivity index (χ4v) is 1.94. The van der Waals surface area contributed by atoms with Crippen LogP contribution in [0.1, 0.15) is 51.4 Å². The van der Waals surface area contributed by atoms with E-state index in [0.717, 1.165) is 17.8 Å². The molecule has 1 unspecified atom stereocenters. The smallest absolute Gasteiger partial charge is 0.0592 e. The first-order chi connectivity index (χ1) is 7.09. The molecule has 0 radical (unpaired) electrons. The van der Waals surface area contributed by atoms with Gasteiger partial charge < -0.3 is 0 Å². The summed E-state index contributed by atoms with van der Waals surface area (Å²) < 4.78 is 0. The quantitative estimate of drug-likeness (QED) is 0.736. The van der Waals surface area contributed by atoms with Gasteiger partial charge in [-0.15, -0.1) is 0 Å². The first kappa shape index (κ1) is 12.2. The summed E-state index contributed by atoms with van der Waals surface area (Å²) >= 11 is 0. The molecule has 0 saturated carbocycles. The molecule has 0 aromatic carbocycles. The lowest BCUT2D eigenvalue weighted by molar-refractivity contribution is 0.276. The summed E-state index contributed by atoms with van der Waals surface area (Å²) in [5.74, 6) is 0. The van der Waals surface area contributed by atoms with Crippen molar-refractivity contribution in [1.82, 2.24) is 9.97 Å². The van der Waals surface area contributed by atoms with Gasteiger partial charge in [-0.3, -0.25) is 9.97 Å². The summed E-state index contributed by atoms with van der Waals surface area (Å²) in [6.07, 6.45) is 8.53. The Morgan fingerprint density at radius 2 is 1.93 bits per heavy atom. The summed E-state index contributed by atoms with van der Waals surface area (Å²) in [5, 5.41) is 0. The van der Waals surface area contributed by atoms with Crippen molar-refractivity contribution >= 4 is 0 Å². The van der Waals surface area contributed by atoms with Crippen molar-refractivity contribution in [2.45, 2.75) is 53.4 Å². The molecule has 0 aliphatic heterocycles. The van der Waals surface area contributed by atoms with Crippen molar-refractivity contribution in [3.05, 3.63) is 23.8 Å². The Bertz CT molecular complexity index is 292. The van der Waals surface area contributed by atoms with Crippen molar-refractivity contribution in [2.75, 3.05) is 0 Å². The molecule has 2 heteroatoms. The topological polar surface area (TPSA) is 25.8 Å². The van der Waals surface area contributed by atoms with E-state index in [1.54, 1.807) is 0 Å². The van der Waals surface area contributed by atoms with Crippen molar-refractivity contribution in [3.63, 3.8) is 0 Å². The van der Waals surface area contributed by atoms with E-state index in [-0.39, 0.29) is 0 Å². The Balaban J connectivity index is 2.70. The van der Waals surface area contributed by atoms with E-state index in [2.05, 4.69) is 30.7 Å². The molecule has 1 aromatic heterocycles. The van der Waals surface area contributed by atoms with Crippen LogP contribution in [-0.2, 0) is 6.42 Å². The van der Waals surface area contributed by atoms with Gasteiger partial charge in [0.25, 0.3) is 0 Å². The minimum Gasteiger partial charge on any atom is -0.258 e. The fourth-order valence-electron chi connectivity index (χ4n) is 1.94. The van der Waals surface area contributed by atoms with Crippen LogP contribution >= 0.6 is 0 Å². The Kier molecular flexibility index (Phi) is 4.25. The number of aryl methyl sites for hydroxylation is 1. The van der Waals surface area contributed by atoms with Crippen LogP contribution in [0.5, 0.6) is 0 Å². The Labute approximate surface area is 93.2 Å². The van der Waals surface area contributed by atoms with Crippen LogP contribution in [0.3, 0.4) is 0 Å². The largest absolute Gasteiger partial charge is 0.258 e. The molecule has 1 aromatic rings. The van der Waals surface area contributed by atoms with Crippen molar-refractivity contribution < 1.29 is 0 Å². The molecule has 1 atom stereocenters. The highest BCUT2D eigenvalue weighted by Gasteiger charge is 2.22. The molecule has 0 aliphatic carbocycles. The molecule has 0 fully saturated rings. The second-order valence-corrected chi connectivity index (χ2v) is 4.74. The minimum absolute atomic E-state index is 0.388.